The first kappa shape index (κ1) is 24.3. The van der Waals surface area contributed by atoms with Gasteiger partial charge in [-0.05, 0) is 43.7 Å². The maximum Gasteiger partial charge on any atom is 0.335 e. The van der Waals surface area contributed by atoms with Crippen molar-refractivity contribution in [1.82, 2.24) is 9.80 Å². The highest BCUT2D eigenvalue weighted by Crippen LogP contribution is 2.38. The molecule has 0 aliphatic carbocycles. The number of amides is 1. The highest BCUT2D eigenvalue weighted by Gasteiger charge is 2.32. The Morgan fingerprint density at radius 3 is 2.18 bits per heavy atom. The lowest BCUT2D eigenvalue weighted by atomic mass is 10.1. The predicted molar refractivity (Wildman–Crippen MR) is 119 cm³/mol. The molecule has 0 radical (unpaired) electrons. The van der Waals surface area contributed by atoms with E-state index in [1.165, 1.54) is 38.5 Å². The van der Waals surface area contributed by atoms with Gasteiger partial charge in [0.05, 0.1) is 19.8 Å². The Labute approximate surface area is 192 Å². The molecule has 1 aliphatic rings. The van der Waals surface area contributed by atoms with Gasteiger partial charge in [0.15, 0.2) is 18.1 Å². The molecule has 33 heavy (non-hydrogen) atoms. The van der Waals surface area contributed by atoms with Crippen LogP contribution in [0.3, 0.4) is 0 Å². The number of carboxylic acids is 1. The quantitative estimate of drug-likeness (QED) is 0.648. The van der Waals surface area contributed by atoms with Crippen LogP contribution >= 0.6 is 0 Å². The third-order valence-electron chi connectivity index (χ3n) is 5.78. The second-order valence-corrected chi connectivity index (χ2v) is 8.10. The van der Waals surface area contributed by atoms with Gasteiger partial charge >= 0.3 is 5.97 Å². The average molecular weight is 461 g/mol. The molecule has 178 valence electrons. The molecule has 0 unspecified atom stereocenters. The molecule has 1 heterocycles. The minimum absolute atomic E-state index is 0.0119. The first-order chi connectivity index (χ1) is 15.7. The van der Waals surface area contributed by atoms with Gasteiger partial charge in [-0.3, -0.25) is 9.69 Å². The van der Waals surface area contributed by atoms with Crippen molar-refractivity contribution in [2.75, 3.05) is 33.9 Å². The lowest BCUT2D eigenvalue weighted by Gasteiger charge is -2.44. The molecule has 1 saturated heterocycles. The Morgan fingerprint density at radius 2 is 1.64 bits per heavy atom. The van der Waals surface area contributed by atoms with Crippen molar-refractivity contribution in [3.63, 3.8) is 0 Å². The summed E-state index contributed by atoms with van der Waals surface area (Å²) in [6.45, 7) is 5.65. The molecule has 1 fully saturated rings. The van der Waals surface area contributed by atoms with Crippen LogP contribution < -0.4 is 14.2 Å². The minimum Gasteiger partial charge on any atom is -0.493 e. The topological polar surface area (TPSA) is 88.5 Å². The molecule has 1 N–H and O–H groups in total. The van der Waals surface area contributed by atoms with Crippen molar-refractivity contribution in [1.29, 1.82) is 0 Å². The Morgan fingerprint density at radius 1 is 1.03 bits per heavy atom. The molecule has 9 heteroatoms. The number of halogens is 1. The van der Waals surface area contributed by atoms with E-state index in [2.05, 4.69) is 4.90 Å². The van der Waals surface area contributed by atoms with Crippen LogP contribution in [0.1, 0.15) is 29.8 Å². The average Bonchev–Trinajstić information content (AvgIpc) is 2.80. The first-order valence-corrected chi connectivity index (χ1v) is 10.6. The van der Waals surface area contributed by atoms with Crippen molar-refractivity contribution in [2.24, 2.45) is 0 Å². The number of methoxy groups -OCH3 is 2. The smallest absolute Gasteiger partial charge is 0.335 e. The van der Waals surface area contributed by atoms with Crippen LogP contribution in [0.2, 0.25) is 0 Å². The first-order valence-electron chi connectivity index (χ1n) is 10.6. The molecular weight excluding hydrogens is 431 g/mol. The van der Waals surface area contributed by atoms with Crippen LogP contribution in [-0.2, 0) is 11.3 Å². The van der Waals surface area contributed by atoms with E-state index in [-0.39, 0.29) is 53.2 Å². The minimum atomic E-state index is -1.13. The molecule has 2 atom stereocenters. The van der Waals surface area contributed by atoms with Gasteiger partial charge in [-0.25, -0.2) is 9.18 Å². The molecule has 8 nitrogen and oxygen atoms in total. The lowest BCUT2D eigenvalue weighted by molar-refractivity contribution is -0.139. The van der Waals surface area contributed by atoms with Gasteiger partial charge in [-0.1, -0.05) is 12.1 Å². The van der Waals surface area contributed by atoms with Gasteiger partial charge in [0.1, 0.15) is 5.82 Å². The van der Waals surface area contributed by atoms with E-state index in [4.69, 9.17) is 14.2 Å². The number of carbonyl (C=O) groups is 2. The lowest BCUT2D eigenvalue weighted by Crippen LogP contribution is -2.58. The fraction of sp³-hybridized carbons (Fsp3) is 0.417. The molecule has 1 amide bonds. The summed E-state index contributed by atoms with van der Waals surface area (Å²) < 4.78 is 29.4. The van der Waals surface area contributed by atoms with Crippen LogP contribution in [0.25, 0.3) is 0 Å². The van der Waals surface area contributed by atoms with Crippen molar-refractivity contribution in [3.8, 4) is 17.2 Å². The third kappa shape index (κ3) is 5.73. The van der Waals surface area contributed by atoms with E-state index in [0.29, 0.717) is 19.6 Å². The fourth-order valence-electron chi connectivity index (χ4n) is 3.95. The molecule has 0 saturated carbocycles. The van der Waals surface area contributed by atoms with Gasteiger partial charge in [0.25, 0.3) is 5.91 Å². The normalized spacial score (nSPS) is 18.6. The number of aromatic carboxylic acids is 1. The zero-order valence-electron chi connectivity index (χ0n) is 19.2. The number of carboxylic acid groups (broad SMARTS) is 1. The van der Waals surface area contributed by atoms with Crippen LogP contribution in [-0.4, -0.2) is 72.8 Å². The summed E-state index contributed by atoms with van der Waals surface area (Å²) >= 11 is 0. The molecule has 0 spiro atoms. The molecule has 0 aromatic heterocycles. The maximum absolute atomic E-state index is 13.2. The van der Waals surface area contributed by atoms with E-state index >= 15 is 0 Å². The van der Waals surface area contributed by atoms with E-state index in [1.54, 1.807) is 17.0 Å². The third-order valence-corrected chi connectivity index (χ3v) is 5.78. The van der Waals surface area contributed by atoms with E-state index in [1.807, 2.05) is 13.8 Å². The Balaban J connectivity index is 1.65. The Hall–Kier alpha value is -3.33. The predicted octanol–water partition coefficient (Wildman–Crippen LogP) is 3.04. The zero-order chi connectivity index (χ0) is 24.1. The SMILES string of the molecule is COc1cc(C(=O)O)cc(OC)c1OCC(=O)N1C[C@H](C)N(Cc2ccc(F)cc2)C[C@H]1C. The second-order valence-electron chi connectivity index (χ2n) is 8.10. The summed E-state index contributed by atoms with van der Waals surface area (Å²) in [5, 5.41) is 9.25. The standard InChI is InChI=1S/C24H29FN2O6/c1-15-12-27(16(2)11-26(15)13-17-5-7-19(25)8-6-17)22(28)14-33-23-20(31-3)9-18(24(29)30)10-21(23)32-4/h5-10,15-16H,11-14H2,1-4H3,(H,29,30)/t15-,16+/m0/s1. The van der Waals surface area contributed by atoms with E-state index < -0.39 is 5.97 Å². The number of piperazine rings is 1. The number of ether oxygens (including phenoxy) is 3. The molecule has 0 bridgehead atoms. The molecular formula is C24H29FN2O6. The van der Waals surface area contributed by atoms with Crippen LogP contribution in [0.5, 0.6) is 17.2 Å². The summed E-state index contributed by atoms with van der Waals surface area (Å²) in [4.78, 5) is 28.3. The number of hydrogen-bond donors (Lipinski definition) is 1. The van der Waals surface area contributed by atoms with Crippen molar-refractivity contribution >= 4 is 11.9 Å². The molecule has 3 rings (SSSR count). The highest BCUT2D eigenvalue weighted by atomic mass is 19.1. The summed E-state index contributed by atoms with van der Waals surface area (Å²) in [5.74, 6) is -1.07. The van der Waals surface area contributed by atoms with Gasteiger partial charge in [-0.2, -0.15) is 0 Å². The zero-order valence-corrected chi connectivity index (χ0v) is 19.2. The number of rotatable bonds is 8. The fourth-order valence-corrected chi connectivity index (χ4v) is 3.95. The maximum atomic E-state index is 13.2. The summed E-state index contributed by atoms with van der Waals surface area (Å²) in [6.07, 6.45) is 0. The Bertz CT molecular complexity index is 972. The molecule has 1 aliphatic heterocycles. The van der Waals surface area contributed by atoms with E-state index in [0.717, 1.165) is 5.56 Å². The highest BCUT2D eigenvalue weighted by molar-refractivity contribution is 5.89. The summed E-state index contributed by atoms with van der Waals surface area (Å²) in [6, 6.07) is 9.15. The number of benzene rings is 2. The van der Waals surface area contributed by atoms with Crippen LogP contribution in [0.15, 0.2) is 36.4 Å². The second kappa shape index (κ2) is 10.5. The van der Waals surface area contributed by atoms with Crippen molar-refractivity contribution in [2.45, 2.75) is 32.5 Å². The molecule has 2 aromatic carbocycles. The van der Waals surface area contributed by atoms with E-state index in [9.17, 15) is 19.1 Å². The van der Waals surface area contributed by atoms with Gasteiger partial charge in [0.2, 0.25) is 5.75 Å². The monoisotopic (exact) mass is 460 g/mol. The molecule has 2 aromatic rings. The largest absolute Gasteiger partial charge is 0.493 e. The summed E-state index contributed by atoms with van der Waals surface area (Å²) in [5.41, 5.74) is 1.00. The van der Waals surface area contributed by atoms with Crippen LogP contribution in [0.4, 0.5) is 4.39 Å². The number of carbonyl (C=O) groups excluding carboxylic acids is 1. The number of hydrogen-bond acceptors (Lipinski definition) is 6. The Kier molecular flexibility index (Phi) is 7.75. The van der Waals surface area contributed by atoms with Gasteiger partial charge < -0.3 is 24.2 Å². The summed E-state index contributed by atoms with van der Waals surface area (Å²) in [7, 11) is 2.78. The number of nitrogens with zero attached hydrogens (tertiary/aromatic N) is 2. The van der Waals surface area contributed by atoms with Gasteiger partial charge in [0, 0.05) is 31.7 Å². The van der Waals surface area contributed by atoms with Crippen molar-refractivity contribution < 1.29 is 33.3 Å². The van der Waals surface area contributed by atoms with Crippen LogP contribution in [0, 0.1) is 5.82 Å². The van der Waals surface area contributed by atoms with Gasteiger partial charge in [-0.15, -0.1) is 0 Å². The van der Waals surface area contributed by atoms with Crippen molar-refractivity contribution in [3.05, 3.63) is 53.3 Å².